The molecule has 0 bridgehead atoms. The SMILES string of the molecule is CCCOCC1CCc2ccccc2N1S(=O)(=O)c1ccc(Cl)c(Cl)c1. The minimum absolute atomic E-state index is 0.129. The topological polar surface area (TPSA) is 46.6 Å². The quantitative estimate of drug-likeness (QED) is 0.630. The lowest BCUT2D eigenvalue weighted by atomic mass is 9.98. The van der Waals surface area contributed by atoms with Gasteiger partial charge in [0.05, 0.1) is 33.3 Å². The van der Waals surface area contributed by atoms with Gasteiger partial charge in [0, 0.05) is 6.61 Å². The number of para-hydroxylation sites is 1. The number of hydrogen-bond donors (Lipinski definition) is 0. The molecule has 7 heteroatoms. The van der Waals surface area contributed by atoms with E-state index >= 15 is 0 Å². The van der Waals surface area contributed by atoms with E-state index in [-0.39, 0.29) is 16.0 Å². The van der Waals surface area contributed by atoms with Crippen molar-refractivity contribution in [3.8, 4) is 0 Å². The van der Waals surface area contributed by atoms with Crippen molar-refractivity contribution in [2.75, 3.05) is 17.5 Å². The summed E-state index contributed by atoms with van der Waals surface area (Å²) in [6.45, 7) is 3.00. The van der Waals surface area contributed by atoms with Crippen LogP contribution in [0.3, 0.4) is 0 Å². The Morgan fingerprint density at radius 2 is 1.92 bits per heavy atom. The van der Waals surface area contributed by atoms with Crippen LogP contribution in [-0.4, -0.2) is 27.7 Å². The molecule has 0 amide bonds. The van der Waals surface area contributed by atoms with E-state index in [4.69, 9.17) is 27.9 Å². The molecule has 2 aromatic rings. The van der Waals surface area contributed by atoms with Crippen LogP contribution in [0, 0.1) is 0 Å². The fraction of sp³-hybridized carbons (Fsp3) is 0.368. The molecule has 0 saturated carbocycles. The summed E-state index contributed by atoms with van der Waals surface area (Å²) in [4.78, 5) is 0.129. The van der Waals surface area contributed by atoms with E-state index in [2.05, 4.69) is 0 Å². The molecule has 1 heterocycles. The minimum Gasteiger partial charge on any atom is -0.379 e. The second-order valence-electron chi connectivity index (χ2n) is 6.27. The molecule has 0 aliphatic carbocycles. The molecule has 3 rings (SSSR count). The van der Waals surface area contributed by atoms with Crippen molar-refractivity contribution < 1.29 is 13.2 Å². The highest BCUT2D eigenvalue weighted by molar-refractivity contribution is 7.92. The number of sulfonamides is 1. The van der Waals surface area contributed by atoms with Crippen molar-refractivity contribution in [3.05, 3.63) is 58.1 Å². The average molecular weight is 414 g/mol. The Balaban J connectivity index is 2.04. The first-order valence-corrected chi connectivity index (χ1v) is 10.8. The monoisotopic (exact) mass is 413 g/mol. The highest BCUT2D eigenvalue weighted by atomic mass is 35.5. The highest BCUT2D eigenvalue weighted by Gasteiger charge is 2.36. The third-order valence-corrected chi connectivity index (χ3v) is 7.02. The van der Waals surface area contributed by atoms with Crippen molar-refractivity contribution in [1.82, 2.24) is 0 Å². The van der Waals surface area contributed by atoms with Gasteiger partial charge < -0.3 is 4.74 Å². The molecule has 1 unspecified atom stereocenters. The summed E-state index contributed by atoms with van der Waals surface area (Å²) >= 11 is 12.0. The zero-order chi connectivity index (χ0) is 18.7. The highest BCUT2D eigenvalue weighted by Crippen LogP contribution is 2.36. The lowest BCUT2D eigenvalue weighted by molar-refractivity contribution is 0.119. The third-order valence-electron chi connectivity index (χ3n) is 4.41. The van der Waals surface area contributed by atoms with Gasteiger partial charge in [-0.15, -0.1) is 0 Å². The first kappa shape index (κ1) is 19.5. The molecule has 2 aromatic carbocycles. The number of hydrogen-bond acceptors (Lipinski definition) is 3. The van der Waals surface area contributed by atoms with Crippen LogP contribution < -0.4 is 4.31 Å². The van der Waals surface area contributed by atoms with Crippen LogP contribution in [0.1, 0.15) is 25.3 Å². The Labute approximate surface area is 164 Å². The van der Waals surface area contributed by atoms with E-state index < -0.39 is 10.0 Å². The summed E-state index contributed by atoms with van der Waals surface area (Å²) in [5.74, 6) is 0. The van der Waals surface area contributed by atoms with Crippen LogP contribution in [0.2, 0.25) is 10.0 Å². The van der Waals surface area contributed by atoms with E-state index in [1.807, 2.05) is 31.2 Å². The van der Waals surface area contributed by atoms with Crippen LogP contribution in [0.5, 0.6) is 0 Å². The van der Waals surface area contributed by atoms with E-state index in [9.17, 15) is 8.42 Å². The van der Waals surface area contributed by atoms with E-state index in [1.54, 1.807) is 0 Å². The van der Waals surface area contributed by atoms with Crippen LogP contribution in [0.25, 0.3) is 0 Å². The van der Waals surface area contributed by atoms with Gasteiger partial charge in [-0.1, -0.05) is 48.3 Å². The van der Waals surface area contributed by atoms with Gasteiger partial charge >= 0.3 is 0 Å². The van der Waals surface area contributed by atoms with E-state index in [1.165, 1.54) is 22.5 Å². The molecule has 0 spiro atoms. The van der Waals surface area contributed by atoms with Gasteiger partial charge in [-0.25, -0.2) is 8.42 Å². The number of benzene rings is 2. The number of anilines is 1. The Morgan fingerprint density at radius 3 is 2.65 bits per heavy atom. The molecular weight excluding hydrogens is 393 g/mol. The van der Waals surface area contributed by atoms with Gasteiger partial charge in [0.1, 0.15) is 0 Å². The molecular formula is C19H21Cl2NO3S. The largest absolute Gasteiger partial charge is 0.379 e. The summed E-state index contributed by atoms with van der Waals surface area (Å²) in [6, 6.07) is 11.7. The zero-order valence-electron chi connectivity index (χ0n) is 14.5. The van der Waals surface area contributed by atoms with Crippen LogP contribution in [-0.2, 0) is 21.2 Å². The summed E-state index contributed by atoms with van der Waals surface area (Å²) in [6.07, 6.45) is 2.42. The van der Waals surface area contributed by atoms with Crippen LogP contribution in [0.15, 0.2) is 47.4 Å². The van der Waals surface area contributed by atoms with Crippen molar-refractivity contribution in [2.24, 2.45) is 0 Å². The number of halogens is 2. The van der Waals surface area contributed by atoms with Gasteiger partial charge in [-0.05, 0) is 49.1 Å². The minimum atomic E-state index is -3.79. The normalized spacial score (nSPS) is 17.2. The molecule has 1 atom stereocenters. The number of aryl methyl sites for hydroxylation is 1. The Bertz CT molecular complexity index is 886. The average Bonchev–Trinajstić information content (AvgIpc) is 2.63. The number of ether oxygens (including phenoxy) is 1. The van der Waals surface area contributed by atoms with Crippen molar-refractivity contribution in [2.45, 2.75) is 37.1 Å². The second kappa shape index (κ2) is 8.17. The summed E-state index contributed by atoms with van der Waals surface area (Å²) in [5, 5.41) is 0.546. The Kier molecular flexibility index (Phi) is 6.13. The van der Waals surface area contributed by atoms with Gasteiger partial charge in [-0.3, -0.25) is 4.31 Å². The maximum atomic E-state index is 13.4. The standard InChI is InChI=1S/C19H21Cl2NO3S/c1-2-11-25-13-15-8-7-14-5-3-4-6-19(14)22(15)26(23,24)16-9-10-17(20)18(21)12-16/h3-6,9-10,12,15H,2,7-8,11,13H2,1H3. The zero-order valence-corrected chi connectivity index (χ0v) is 16.8. The molecule has 1 aliphatic rings. The lowest BCUT2D eigenvalue weighted by Crippen LogP contribution is -2.46. The molecule has 0 aromatic heterocycles. The van der Waals surface area contributed by atoms with E-state index in [0.717, 1.165) is 18.4 Å². The molecule has 140 valence electrons. The number of rotatable bonds is 6. The fourth-order valence-corrected chi connectivity index (χ4v) is 5.26. The van der Waals surface area contributed by atoms with E-state index in [0.29, 0.717) is 30.3 Å². The van der Waals surface area contributed by atoms with Gasteiger partial charge in [0.15, 0.2) is 0 Å². The smallest absolute Gasteiger partial charge is 0.264 e. The van der Waals surface area contributed by atoms with Gasteiger partial charge in [-0.2, -0.15) is 0 Å². The Morgan fingerprint density at radius 1 is 1.15 bits per heavy atom. The Hall–Kier alpha value is -1.27. The molecule has 26 heavy (non-hydrogen) atoms. The van der Waals surface area contributed by atoms with Crippen LogP contribution in [0.4, 0.5) is 5.69 Å². The number of nitrogens with zero attached hydrogens (tertiary/aromatic N) is 1. The fourth-order valence-electron chi connectivity index (χ4n) is 3.16. The first-order chi connectivity index (χ1) is 12.4. The molecule has 0 N–H and O–H groups in total. The maximum absolute atomic E-state index is 13.4. The van der Waals surface area contributed by atoms with Crippen molar-refractivity contribution in [1.29, 1.82) is 0 Å². The molecule has 1 aliphatic heterocycles. The summed E-state index contributed by atoms with van der Waals surface area (Å²) in [7, 11) is -3.79. The third kappa shape index (κ3) is 3.86. The lowest BCUT2D eigenvalue weighted by Gasteiger charge is -2.37. The molecule has 0 radical (unpaired) electrons. The van der Waals surface area contributed by atoms with Crippen LogP contribution >= 0.6 is 23.2 Å². The summed E-state index contributed by atoms with van der Waals surface area (Å²) < 4.78 is 34.0. The number of fused-ring (bicyclic) bond motifs is 1. The molecule has 4 nitrogen and oxygen atoms in total. The summed E-state index contributed by atoms with van der Waals surface area (Å²) in [5.41, 5.74) is 1.72. The predicted molar refractivity (Wildman–Crippen MR) is 106 cm³/mol. The second-order valence-corrected chi connectivity index (χ2v) is 8.90. The van der Waals surface area contributed by atoms with Crippen molar-refractivity contribution >= 4 is 38.9 Å². The molecule has 0 saturated heterocycles. The first-order valence-electron chi connectivity index (χ1n) is 8.60. The van der Waals surface area contributed by atoms with Crippen molar-refractivity contribution in [3.63, 3.8) is 0 Å². The molecule has 0 fully saturated rings. The van der Waals surface area contributed by atoms with Gasteiger partial charge in [0.25, 0.3) is 10.0 Å². The predicted octanol–water partition coefficient (Wildman–Crippen LogP) is 4.93. The van der Waals surface area contributed by atoms with Gasteiger partial charge in [0.2, 0.25) is 0 Å². The maximum Gasteiger partial charge on any atom is 0.264 e.